The Hall–Kier alpha value is -3.35. The van der Waals surface area contributed by atoms with E-state index in [9.17, 15) is 0 Å². The summed E-state index contributed by atoms with van der Waals surface area (Å²) >= 11 is 0. The first-order chi connectivity index (χ1) is 12.7. The molecule has 0 aliphatic heterocycles. The van der Waals surface area contributed by atoms with E-state index in [2.05, 4.69) is 15.1 Å². The molecule has 0 aliphatic rings. The highest BCUT2D eigenvalue weighted by Crippen LogP contribution is 2.30. The fraction of sp³-hybridized carbons (Fsp3) is 0.211. The van der Waals surface area contributed by atoms with Crippen molar-refractivity contribution in [3.8, 4) is 34.3 Å². The molecule has 0 aliphatic carbocycles. The van der Waals surface area contributed by atoms with Crippen molar-refractivity contribution in [1.82, 2.24) is 15.1 Å². The Labute approximate surface area is 149 Å². The monoisotopic (exact) mass is 351 g/mol. The molecule has 0 unspecified atom stereocenters. The van der Waals surface area contributed by atoms with Crippen LogP contribution in [0.25, 0.3) is 33.9 Å². The molecule has 2 aromatic heterocycles. The molecule has 7 heteroatoms. The molecule has 0 bridgehead atoms. The zero-order valence-corrected chi connectivity index (χ0v) is 14.6. The molecule has 0 saturated heterocycles. The van der Waals surface area contributed by atoms with E-state index in [0.717, 1.165) is 28.6 Å². The van der Waals surface area contributed by atoms with Crippen LogP contribution in [0.1, 0.15) is 12.8 Å². The van der Waals surface area contributed by atoms with Crippen LogP contribution in [0.3, 0.4) is 0 Å². The zero-order valence-electron chi connectivity index (χ0n) is 14.6. The van der Waals surface area contributed by atoms with Gasteiger partial charge in [0.15, 0.2) is 11.5 Å². The van der Waals surface area contributed by atoms with Crippen molar-refractivity contribution in [3.63, 3.8) is 0 Å². The zero-order chi connectivity index (χ0) is 18.1. The van der Waals surface area contributed by atoms with Crippen LogP contribution in [0.5, 0.6) is 11.5 Å². The van der Waals surface area contributed by atoms with Crippen LogP contribution in [-0.2, 0) is 6.42 Å². The number of hydrogen-bond acceptors (Lipinski definition) is 7. The van der Waals surface area contributed by atoms with Gasteiger partial charge in [0.25, 0.3) is 5.89 Å². The van der Waals surface area contributed by atoms with Gasteiger partial charge in [0.2, 0.25) is 5.82 Å². The van der Waals surface area contributed by atoms with Crippen LogP contribution in [-0.4, -0.2) is 29.3 Å². The highest BCUT2D eigenvalue weighted by molar-refractivity contribution is 5.79. The third-order valence-corrected chi connectivity index (χ3v) is 4.02. The van der Waals surface area contributed by atoms with E-state index in [-0.39, 0.29) is 0 Å². The quantitative estimate of drug-likeness (QED) is 0.534. The highest BCUT2D eigenvalue weighted by Gasteiger charge is 2.14. The van der Waals surface area contributed by atoms with Crippen LogP contribution in [0.2, 0.25) is 0 Å². The lowest BCUT2D eigenvalue weighted by molar-refractivity contribution is 0.393. The maximum absolute atomic E-state index is 5.63. The van der Waals surface area contributed by atoms with Crippen LogP contribution in [0.15, 0.2) is 45.3 Å². The molecule has 0 N–H and O–H groups in total. The number of nitrogens with zero attached hydrogens (tertiary/aromatic N) is 3. The molecule has 0 saturated carbocycles. The molecule has 7 nitrogen and oxygen atoms in total. The summed E-state index contributed by atoms with van der Waals surface area (Å²) in [6.45, 7) is 2.00. The van der Waals surface area contributed by atoms with E-state index in [1.54, 1.807) is 20.3 Å². The average molecular weight is 351 g/mol. The Morgan fingerprint density at radius 2 is 1.69 bits per heavy atom. The van der Waals surface area contributed by atoms with Gasteiger partial charge in [-0.1, -0.05) is 12.1 Å². The van der Waals surface area contributed by atoms with Gasteiger partial charge in [-0.2, -0.15) is 4.98 Å². The summed E-state index contributed by atoms with van der Waals surface area (Å²) in [5, 5.41) is 4.08. The van der Waals surface area contributed by atoms with Gasteiger partial charge in [0, 0.05) is 23.6 Å². The van der Waals surface area contributed by atoms with Gasteiger partial charge < -0.3 is 18.4 Å². The van der Waals surface area contributed by atoms with Gasteiger partial charge in [-0.15, -0.1) is 0 Å². The molecule has 2 heterocycles. The Morgan fingerprint density at radius 3 is 2.38 bits per heavy atom. The average Bonchev–Trinajstić information content (AvgIpc) is 3.33. The Bertz CT molecular complexity index is 1050. The van der Waals surface area contributed by atoms with Gasteiger partial charge in [0.1, 0.15) is 17.0 Å². The van der Waals surface area contributed by atoms with Crippen molar-refractivity contribution >= 4 is 11.1 Å². The maximum Gasteiger partial charge on any atom is 0.258 e. The number of fused-ring (bicyclic) bond motifs is 1. The first kappa shape index (κ1) is 16.1. The SMILES string of the molecule is CCc1nc2cc(-c3noc(-c4cc(OC)cc(OC)c4)n3)ccc2o1. The number of rotatable bonds is 5. The first-order valence-corrected chi connectivity index (χ1v) is 8.17. The van der Waals surface area contributed by atoms with Crippen LogP contribution in [0.4, 0.5) is 0 Å². The van der Waals surface area contributed by atoms with Gasteiger partial charge in [0.05, 0.1) is 14.2 Å². The van der Waals surface area contributed by atoms with Crippen molar-refractivity contribution < 1.29 is 18.4 Å². The normalized spacial score (nSPS) is 11.0. The number of oxazole rings is 1. The fourth-order valence-corrected chi connectivity index (χ4v) is 2.65. The Kier molecular flexibility index (Phi) is 4.04. The lowest BCUT2D eigenvalue weighted by atomic mass is 10.2. The van der Waals surface area contributed by atoms with Crippen molar-refractivity contribution in [2.75, 3.05) is 14.2 Å². The summed E-state index contributed by atoms with van der Waals surface area (Å²) in [7, 11) is 3.19. The topological polar surface area (TPSA) is 83.4 Å². The summed E-state index contributed by atoms with van der Waals surface area (Å²) < 4.78 is 21.6. The smallest absolute Gasteiger partial charge is 0.258 e. The van der Waals surface area contributed by atoms with E-state index in [0.29, 0.717) is 29.1 Å². The van der Waals surface area contributed by atoms with E-state index in [4.69, 9.17) is 18.4 Å². The summed E-state index contributed by atoms with van der Waals surface area (Å²) in [6, 6.07) is 11.0. The van der Waals surface area contributed by atoms with Crippen molar-refractivity contribution in [2.45, 2.75) is 13.3 Å². The standard InChI is InChI=1S/C19H17N3O4/c1-4-17-20-15-9-11(5-6-16(15)25-17)18-21-19(26-22-18)12-7-13(23-2)10-14(8-12)24-3/h5-10H,4H2,1-3H3. The van der Waals surface area contributed by atoms with E-state index in [1.807, 2.05) is 37.3 Å². The van der Waals surface area contributed by atoms with Crippen molar-refractivity contribution in [1.29, 1.82) is 0 Å². The molecule has 2 aromatic carbocycles. The minimum absolute atomic E-state index is 0.381. The van der Waals surface area contributed by atoms with E-state index < -0.39 is 0 Å². The first-order valence-electron chi connectivity index (χ1n) is 8.17. The van der Waals surface area contributed by atoms with Crippen LogP contribution in [0, 0.1) is 0 Å². The van der Waals surface area contributed by atoms with E-state index >= 15 is 0 Å². The summed E-state index contributed by atoms with van der Waals surface area (Å²) in [5.41, 5.74) is 3.04. The van der Waals surface area contributed by atoms with Crippen LogP contribution < -0.4 is 9.47 Å². The predicted molar refractivity (Wildman–Crippen MR) is 95.2 cm³/mol. The maximum atomic E-state index is 5.63. The molecule has 0 atom stereocenters. The third-order valence-electron chi connectivity index (χ3n) is 4.02. The summed E-state index contributed by atoms with van der Waals surface area (Å²) in [6.07, 6.45) is 0.744. The lowest BCUT2D eigenvalue weighted by Crippen LogP contribution is -1.89. The Morgan fingerprint density at radius 1 is 0.923 bits per heavy atom. The molecule has 132 valence electrons. The molecular formula is C19H17N3O4. The molecule has 4 aromatic rings. The second kappa shape index (κ2) is 6.51. The van der Waals surface area contributed by atoms with Crippen LogP contribution >= 0.6 is 0 Å². The second-order valence-corrected chi connectivity index (χ2v) is 5.67. The van der Waals surface area contributed by atoms with Gasteiger partial charge >= 0.3 is 0 Å². The van der Waals surface area contributed by atoms with E-state index in [1.165, 1.54) is 0 Å². The number of hydrogen-bond donors (Lipinski definition) is 0. The third kappa shape index (κ3) is 2.88. The molecular weight excluding hydrogens is 334 g/mol. The molecule has 0 radical (unpaired) electrons. The Balaban J connectivity index is 1.72. The van der Waals surface area contributed by atoms with Gasteiger partial charge in [-0.25, -0.2) is 4.98 Å². The minimum Gasteiger partial charge on any atom is -0.497 e. The molecule has 0 amide bonds. The van der Waals surface area contributed by atoms with Crippen molar-refractivity contribution in [2.24, 2.45) is 0 Å². The molecule has 0 fully saturated rings. The summed E-state index contributed by atoms with van der Waals surface area (Å²) in [5.74, 6) is 2.86. The van der Waals surface area contributed by atoms with Gasteiger partial charge in [-0.3, -0.25) is 0 Å². The molecule has 4 rings (SSSR count). The predicted octanol–water partition coefficient (Wildman–Crippen LogP) is 4.12. The molecule has 26 heavy (non-hydrogen) atoms. The fourth-order valence-electron chi connectivity index (χ4n) is 2.65. The number of aryl methyl sites for hydroxylation is 1. The second-order valence-electron chi connectivity index (χ2n) is 5.67. The number of benzene rings is 2. The number of ether oxygens (including phenoxy) is 2. The largest absolute Gasteiger partial charge is 0.497 e. The number of methoxy groups -OCH3 is 2. The van der Waals surface area contributed by atoms with Crippen molar-refractivity contribution in [3.05, 3.63) is 42.3 Å². The minimum atomic E-state index is 0.381. The molecule has 0 spiro atoms. The van der Waals surface area contributed by atoms with Gasteiger partial charge in [-0.05, 0) is 30.3 Å². The lowest BCUT2D eigenvalue weighted by Gasteiger charge is -2.05. The number of aromatic nitrogens is 3. The summed E-state index contributed by atoms with van der Waals surface area (Å²) in [4.78, 5) is 8.93. The highest BCUT2D eigenvalue weighted by atomic mass is 16.5.